The highest BCUT2D eigenvalue weighted by Crippen LogP contribution is 2.25. The molecule has 0 saturated heterocycles. The van der Waals surface area contributed by atoms with E-state index in [-0.39, 0.29) is 0 Å². The Hall–Kier alpha value is -4.16. The number of rotatable bonds is 4. The minimum atomic E-state index is 0.437. The number of pyridine rings is 3. The van der Waals surface area contributed by atoms with Gasteiger partial charge in [0.1, 0.15) is 5.15 Å². The molecule has 0 fully saturated rings. The number of fused-ring (bicyclic) bond motifs is 2. The van der Waals surface area contributed by atoms with E-state index in [2.05, 4.69) is 44.2 Å². The Balaban J connectivity index is 1.37. The lowest BCUT2D eigenvalue weighted by Crippen LogP contribution is -2.00. The predicted molar refractivity (Wildman–Crippen MR) is 129 cm³/mol. The quantitative estimate of drug-likeness (QED) is 0.326. The summed E-state index contributed by atoms with van der Waals surface area (Å²) < 4.78 is 1.91. The van der Waals surface area contributed by atoms with Crippen molar-refractivity contribution in [2.75, 3.05) is 0 Å². The van der Waals surface area contributed by atoms with Crippen molar-refractivity contribution < 1.29 is 0 Å². The third-order valence-corrected chi connectivity index (χ3v) is 5.77. The monoisotopic (exact) mass is 448 g/mol. The van der Waals surface area contributed by atoms with E-state index < -0.39 is 0 Å². The Bertz CT molecular complexity index is 1620. The van der Waals surface area contributed by atoms with Crippen molar-refractivity contribution in [3.8, 4) is 22.5 Å². The smallest absolute Gasteiger partial charge is 0.153 e. The van der Waals surface area contributed by atoms with Gasteiger partial charge in [-0.2, -0.15) is 5.10 Å². The number of halogens is 1. The van der Waals surface area contributed by atoms with Crippen LogP contribution in [0.25, 0.3) is 39.1 Å². The van der Waals surface area contributed by atoms with Gasteiger partial charge >= 0.3 is 0 Å². The third-order valence-electron chi connectivity index (χ3n) is 5.56. The molecule has 158 valence electrons. The van der Waals surface area contributed by atoms with Crippen molar-refractivity contribution in [1.29, 1.82) is 0 Å². The number of hydrogen-bond acceptors (Lipinski definition) is 5. The fourth-order valence-corrected chi connectivity index (χ4v) is 4.12. The maximum absolute atomic E-state index is 6.06. The van der Waals surface area contributed by atoms with Crippen molar-refractivity contribution in [3.63, 3.8) is 0 Å². The van der Waals surface area contributed by atoms with E-state index in [9.17, 15) is 0 Å². The highest BCUT2D eigenvalue weighted by Gasteiger charge is 2.10. The van der Waals surface area contributed by atoms with Gasteiger partial charge in [0, 0.05) is 41.5 Å². The van der Waals surface area contributed by atoms with E-state index >= 15 is 0 Å². The fourth-order valence-electron chi connectivity index (χ4n) is 3.95. The molecule has 6 rings (SSSR count). The summed E-state index contributed by atoms with van der Waals surface area (Å²) in [5.74, 6) is 0. The molecule has 0 aliphatic rings. The highest BCUT2D eigenvalue weighted by molar-refractivity contribution is 6.29. The van der Waals surface area contributed by atoms with Gasteiger partial charge in [0.2, 0.25) is 0 Å². The molecule has 0 bridgehead atoms. The van der Waals surface area contributed by atoms with E-state index in [1.54, 1.807) is 18.5 Å². The SMILES string of the molecule is Clc1cc(-c2cc(-c3ccc4ncc(Cc5ccc6ncccc6c5)n4n3)ccn2)ccn1. The first kappa shape index (κ1) is 19.5. The van der Waals surface area contributed by atoms with Gasteiger partial charge in [0.15, 0.2) is 5.65 Å². The van der Waals surface area contributed by atoms with Gasteiger partial charge in [-0.1, -0.05) is 23.7 Å². The topological polar surface area (TPSA) is 68.9 Å². The average Bonchev–Trinajstić information content (AvgIpc) is 3.26. The summed E-state index contributed by atoms with van der Waals surface area (Å²) in [4.78, 5) is 17.5. The first-order valence-corrected chi connectivity index (χ1v) is 10.9. The Morgan fingerprint density at radius 2 is 1.61 bits per heavy atom. The molecular formula is C26H17ClN6. The maximum Gasteiger partial charge on any atom is 0.153 e. The number of benzene rings is 1. The Morgan fingerprint density at radius 3 is 2.52 bits per heavy atom. The molecule has 0 N–H and O–H groups in total. The van der Waals surface area contributed by atoms with Crippen LogP contribution in [0.15, 0.2) is 91.5 Å². The molecule has 0 radical (unpaired) electrons. The van der Waals surface area contributed by atoms with E-state index in [1.165, 1.54) is 5.56 Å². The van der Waals surface area contributed by atoms with Crippen molar-refractivity contribution in [2.45, 2.75) is 6.42 Å². The molecule has 0 spiro atoms. The Labute approximate surface area is 194 Å². The third kappa shape index (κ3) is 3.81. The minimum Gasteiger partial charge on any atom is -0.256 e. The van der Waals surface area contributed by atoms with Crippen LogP contribution in [0.4, 0.5) is 0 Å². The molecule has 0 aliphatic heterocycles. The zero-order valence-electron chi connectivity index (χ0n) is 17.4. The molecule has 0 atom stereocenters. The maximum atomic E-state index is 6.06. The van der Waals surface area contributed by atoms with Crippen molar-refractivity contribution in [2.24, 2.45) is 0 Å². The zero-order chi connectivity index (χ0) is 22.2. The summed E-state index contributed by atoms with van der Waals surface area (Å²) in [6, 6.07) is 22.0. The van der Waals surface area contributed by atoms with Gasteiger partial charge in [-0.15, -0.1) is 0 Å². The molecule has 6 nitrogen and oxygen atoms in total. The van der Waals surface area contributed by atoms with Crippen LogP contribution in [0.5, 0.6) is 0 Å². The zero-order valence-corrected chi connectivity index (χ0v) is 18.2. The Kier molecular flexibility index (Phi) is 4.78. The summed E-state index contributed by atoms with van der Waals surface area (Å²) in [7, 11) is 0. The molecule has 5 heterocycles. The van der Waals surface area contributed by atoms with Crippen LogP contribution in [-0.2, 0) is 6.42 Å². The van der Waals surface area contributed by atoms with Crippen LogP contribution in [0.3, 0.4) is 0 Å². The van der Waals surface area contributed by atoms with Crippen LogP contribution in [0.2, 0.25) is 5.15 Å². The summed E-state index contributed by atoms with van der Waals surface area (Å²) >= 11 is 6.06. The normalized spacial score (nSPS) is 11.3. The second kappa shape index (κ2) is 8.07. The van der Waals surface area contributed by atoms with Crippen LogP contribution in [-0.4, -0.2) is 29.5 Å². The van der Waals surface area contributed by atoms with Crippen LogP contribution < -0.4 is 0 Å². The van der Waals surface area contributed by atoms with Crippen molar-refractivity contribution in [1.82, 2.24) is 29.5 Å². The first-order chi connectivity index (χ1) is 16.2. The number of nitrogens with zero attached hydrogens (tertiary/aromatic N) is 6. The van der Waals surface area contributed by atoms with Gasteiger partial charge in [0.05, 0.1) is 28.8 Å². The molecule has 0 saturated carbocycles. The molecule has 33 heavy (non-hydrogen) atoms. The molecule has 5 aromatic heterocycles. The van der Waals surface area contributed by atoms with Crippen LogP contribution in [0, 0.1) is 0 Å². The van der Waals surface area contributed by atoms with Gasteiger partial charge in [-0.05, 0) is 60.2 Å². The van der Waals surface area contributed by atoms with Gasteiger partial charge in [-0.25, -0.2) is 14.5 Å². The molecular weight excluding hydrogens is 432 g/mol. The highest BCUT2D eigenvalue weighted by atomic mass is 35.5. The van der Waals surface area contributed by atoms with E-state index in [4.69, 9.17) is 16.7 Å². The lowest BCUT2D eigenvalue weighted by Gasteiger charge is -2.07. The standard InChI is InChI=1S/C26H17ClN6/c27-25-15-20(8-11-30-25)24-14-19(7-10-29-24)23-5-6-26-31-16-21(33(26)32-23)13-17-3-4-22-18(12-17)2-1-9-28-22/h1-12,14-16H,13H2. The lowest BCUT2D eigenvalue weighted by molar-refractivity contribution is 0.876. The van der Waals surface area contributed by atoms with Crippen LogP contribution >= 0.6 is 11.6 Å². The summed E-state index contributed by atoms with van der Waals surface area (Å²) in [5, 5.41) is 6.45. The Morgan fingerprint density at radius 1 is 0.727 bits per heavy atom. The average molecular weight is 449 g/mol. The predicted octanol–water partition coefficient (Wildman–Crippen LogP) is 5.65. The molecule has 0 unspecified atom stereocenters. The van der Waals surface area contributed by atoms with Gasteiger partial charge in [-0.3, -0.25) is 9.97 Å². The second-order valence-electron chi connectivity index (χ2n) is 7.74. The molecule has 0 aliphatic carbocycles. The molecule has 0 amide bonds. The summed E-state index contributed by atoms with van der Waals surface area (Å²) in [6.07, 6.45) is 7.88. The fraction of sp³-hybridized carbons (Fsp3) is 0.0385. The van der Waals surface area contributed by atoms with Crippen molar-refractivity contribution in [3.05, 3.63) is 108 Å². The molecule has 6 aromatic rings. The van der Waals surface area contributed by atoms with E-state index in [0.29, 0.717) is 5.15 Å². The van der Waals surface area contributed by atoms with Crippen molar-refractivity contribution >= 4 is 28.2 Å². The van der Waals surface area contributed by atoms with Crippen LogP contribution in [0.1, 0.15) is 11.3 Å². The molecule has 7 heteroatoms. The minimum absolute atomic E-state index is 0.437. The summed E-state index contributed by atoms with van der Waals surface area (Å²) in [6.45, 7) is 0. The lowest BCUT2D eigenvalue weighted by atomic mass is 10.1. The molecule has 1 aromatic carbocycles. The first-order valence-electron chi connectivity index (χ1n) is 10.5. The second-order valence-corrected chi connectivity index (χ2v) is 8.13. The number of imidazole rings is 1. The summed E-state index contributed by atoms with van der Waals surface area (Å²) in [5.41, 5.74) is 7.53. The number of hydrogen-bond donors (Lipinski definition) is 0. The van der Waals surface area contributed by atoms with Gasteiger partial charge in [0.25, 0.3) is 0 Å². The largest absolute Gasteiger partial charge is 0.256 e. The number of aromatic nitrogens is 6. The van der Waals surface area contributed by atoms with E-state index in [1.807, 2.05) is 53.3 Å². The van der Waals surface area contributed by atoms with E-state index in [0.717, 1.165) is 51.2 Å². The van der Waals surface area contributed by atoms with Gasteiger partial charge < -0.3 is 0 Å².